The fraction of sp³-hybridized carbons (Fsp3) is 0.294. The van der Waals surface area contributed by atoms with E-state index in [1.807, 2.05) is 22.9 Å². The van der Waals surface area contributed by atoms with Gasteiger partial charge in [0, 0.05) is 7.11 Å². The predicted octanol–water partition coefficient (Wildman–Crippen LogP) is 2.91. The number of hydrogen-bond donors (Lipinski definition) is 2. The average Bonchev–Trinajstić information content (AvgIpc) is 3.02. The second kappa shape index (κ2) is 10.7. The second-order valence-corrected chi connectivity index (χ2v) is 7.56. The summed E-state index contributed by atoms with van der Waals surface area (Å²) in [5, 5.41) is 3.41. The second-order valence-electron chi connectivity index (χ2n) is 5.25. The number of ether oxygens (including phenoxy) is 3. The van der Waals surface area contributed by atoms with Gasteiger partial charge in [-0.2, -0.15) is 0 Å². The fourth-order valence-corrected chi connectivity index (χ4v) is 3.82. The van der Waals surface area contributed by atoms with Crippen LogP contribution in [0.4, 0.5) is 9.80 Å². The molecule has 2 aromatic rings. The van der Waals surface area contributed by atoms with E-state index in [0.29, 0.717) is 42.2 Å². The van der Waals surface area contributed by atoms with E-state index in [9.17, 15) is 9.59 Å². The van der Waals surface area contributed by atoms with E-state index in [0.717, 1.165) is 10.4 Å². The van der Waals surface area contributed by atoms with Crippen LogP contribution >= 0.6 is 22.9 Å². The Morgan fingerprint density at radius 3 is 2.59 bits per heavy atom. The first-order chi connectivity index (χ1) is 12.9. The van der Waals surface area contributed by atoms with Crippen LogP contribution < -0.4 is 15.8 Å². The van der Waals surface area contributed by atoms with Gasteiger partial charge in [0.2, 0.25) is 0 Å². The number of primary amides is 1. The maximum atomic E-state index is 11.6. The molecule has 3 N–H and O–H groups in total. The average molecular weight is 473 g/mol. The molecule has 1 aromatic carbocycles. The molecular formula is C17H18AsClN2O5S. The summed E-state index contributed by atoms with van der Waals surface area (Å²) in [4.78, 5) is 23.6. The zero-order valence-corrected chi connectivity index (χ0v) is 17.9. The molecule has 1 aromatic heterocycles. The molecule has 0 aliphatic heterocycles. The van der Waals surface area contributed by atoms with Crippen molar-refractivity contribution in [3.8, 4) is 16.2 Å². The van der Waals surface area contributed by atoms with Crippen molar-refractivity contribution in [2.75, 3.05) is 38.9 Å². The van der Waals surface area contributed by atoms with Crippen LogP contribution in [0.1, 0.15) is 10.4 Å². The zero-order chi connectivity index (χ0) is 19.8. The van der Waals surface area contributed by atoms with Crippen molar-refractivity contribution < 1.29 is 23.8 Å². The molecule has 0 atom stereocenters. The summed E-state index contributed by atoms with van der Waals surface area (Å²) in [6.45, 7) is 1.82. The number of hydrogen-bond acceptors (Lipinski definition) is 6. The molecule has 1 heterocycles. The molecule has 0 fully saturated rings. The summed E-state index contributed by atoms with van der Waals surface area (Å²) in [6, 6.07) is 6.91. The third-order valence-corrected chi connectivity index (χ3v) is 4.98. The Labute approximate surface area is 174 Å². The zero-order valence-electron chi connectivity index (χ0n) is 14.5. The number of methoxy groups -OCH3 is 1. The molecule has 144 valence electrons. The molecule has 0 unspecified atom stereocenters. The van der Waals surface area contributed by atoms with Crippen molar-refractivity contribution in [3.63, 3.8) is 0 Å². The van der Waals surface area contributed by atoms with Crippen molar-refractivity contribution in [1.82, 2.24) is 0 Å². The van der Waals surface area contributed by atoms with Crippen LogP contribution in [-0.4, -0.2) is 61.0 Å². The number of carbonyl (C=O) groups excluding carboxylic acids is 2. The summed E-state index contributed by atoms with van der Waals surface area (Å²) in [5.41, 5.74) is 6.41. The maximum absolute atomic E-state index is 11.6. The van der Waals surface area contributed by atoms with E-state index in [1.54, 1.807) is 25.3 Å². The van der Waals surface area contributed by atoms with Gasteiger partial charge in [0.05, 0.1) is 13.2 Å². The third-order valence-electron chi connectivity index (χ3n) is 3.35. The number of nitrogens with two attached hydrogens (primary N) is 1. The molecule has 0 saturated carbocycles. The number of rotatable bonds is 10. The molecule has 2 rings (SSSR count). The van der Waals surface area contributed by atoms with E-state index in [2.05, 4.69) is 5.32 Å². The molecule has 2 amide bonds. The molecule has 0 aliphatic carbocycles. The molecule has 0 spiro atoms. The summed E-state index contributed by atoms with van der Waals surface area (Å²) in [7, 11) is 1.61. The van der Waals surface area contributed by atoms with Gasteiger partial charge in [0.25, 0.3) is 0 Å². The quantitative estimate of drug-likeness (QED) is 0.409. The van der Waals surface area contributed by atoms with E-state index < -0.39 is 5.91 Å². The van der Waals surface area contributed by atoms with Crippen LogP contribution in [0.25, 0.3) is 10.4 Å². The first-order valence-electron chi connectivity index (χ1n) is 7.85. The number of amides is 2. The first-order valence-corrected chi connectivity index (χ1v) is 9.98. The molecule has 0 bridgehead atoms. The third kappa shape index (κ3) is 6.52. The van der Waals surface area contributed by atoms with Crippen molar-refractivity contribution in [2.24, 2.45) is 5.73 Å². The number of nitrogens with one attached hydrogen (secondary N) is 1. The van der Waals surface area contributed by atoms with Crippen molar-refractivity contribution >= 4 is 55.4 Å². The predicted molar refractivity (Wildman–Crippen MR) is 106 cm³/mol. The Hall–Kier alpha value is -1.57. The van der Waals surface area contributed by atoms with Gasteiger partial charge < -0.3 is 9.47 Å². The first kappa shape index (κ1) is 21.7. The normalized spacial score (nSPS) is 10.6. The van der Waals surface area contributed by atoms with Crippen LogP contribution in [0.3, 0.4) is 0 Å². The summed E-state index contributed by atoms with van der Waals surface area (Å²) in [5.74, 6) is -0.0879. The SMILES string of the molecule is COCCOCCOc1ccc(-c2cc(C(N)=O)c(NC(=O)[As])s2)cc1Cl. The standard InChI is InChI=1S/C17H18AsClN2O5S/c1-24-4-5-25-6-7-26-13-3-2-10(8-12(13)19)14-9-11(15(20)22)16(27-14)21-17(18)23/h2-3,8-9H,4-7H2,1H3,(H2,20,22)(H,21,23). The van der Waals surface area contributed by atoms with Crippen LogP contribution in [0.15, 0.2) is 24.3 Å². The fourth-order valence-electron chi connectivity index (χ4n) is 2.13. The van der Waals surface area contributed by atoms with E-state index in [1.165, 1.54) is 11.3 Å². The van der Waals surface area contributed by atoms with Crippen LogP contribution in [-0.2, 0) is 9.47 Å². The molecular weight excluding hydrogens is 455 g/mol. The molecule has 0 aliphatic rings. The van der Waals surface area contributed by atoms with Gasteiger partial charge in [-0.15, -0.1) is 0 Å². The molecule has 10 heteroatoms. The summed E-state index contributed by atoms with van der Waals surface area (Å²) >= 11 is 9.37. The van der Waals surface area contributed by atoms with Crippen molar-refractivity contribution in [2.45, 2.75) is 0 Å². The minimum atomic E-state index is -0.617. The van der Waals surface area contributed by atoms with Gasteiger partial charge in [-0.1, -0.05) is 0 Å². The Morgan fingerprint density at radius 1 is 1.22 bits per heavy atom. The topological polar surface area (TPSA) is 99.9 Å². The van der Waals surface area contributed by atoms with Gasteiger partial charge in [0.1, 0.15) is 0 Å². The molecule has 2 radical (unpaired) electrons. The van der Waals surface area contributed by atoms with Crippen molar-refractivity contribution in [1.29, 1.82) is 0 Å². The Bertz CT molecular complexity index is 815. The van der Waals surface area contributed by atoms with E-state index in [-0.39, 0.29) is 10.3 Å². The molecule has 7 nitrogen and oxygen atoms in total. The Kier molecular flexibility index (Phi) is 8.60. The van der Waals surface area contributed by atoms with Gasteiger partial charge >= 0.3 is 145 Å². The Morgan fingerprint density at radius 2 is 1.96 bits per heavy atom. The number of thiophene rings is 1. The Balaban J connectivity index is 2.08. The van der Waals surface area contributed by atoms with Gasteiger partial charge in [0.15, 0.2) is 0 Å². The number of anilines is 1. The monoisotopic (exact) mass is 472 g/mol. The molecule has 27 heavy (non-hydrogen) atoms. The summed E-state index contributed by atoms with van der Waals surface area (Å²) in [6.07, 6.45) is 0. The van der Waals surface area contributed by atoms with E-state index in [4.69, 9.17) is 31.5 Å². The van der Waals surface area contributed by atoms with Gasteiger partial charge in [-0.05, 0) is 0 Å². The van der Waals surface area contributed by atoms with Crippen molar-refractivity contribution in [3.05, 3.63) is 34.9 Å². The number of halogens is 1. The van der Waals surface area contributed by atoms with Crippen LogP contribution in [0.5, 0.6) is 5.75 Å². The number of benzene rings is 1. The van der Waals surface area contributed by atoms with Gasteiger partial charge in [-0.25, -0.2) is 0 Å². The minimum absolute atomic E-state index is 0.249. The van der Waals surface area contributed by atoms with Gasteiger partial charge in [-0.3, -0.25) is 0 Å². The number of carbonyl (C=O) groups is 2. The van der Waals surface area contributed by atoms with E-state index >= 15 is 0 Å². The molecule has 0 saturated heterocycles. The van der Waals surface area contributed by atoms with Crippen LogP contribution in [0.2, 0.25) is 5.02 Å². The summed E-state index contributed by atoms with van der Waals surface area (Å²) < 4.78 is 15.5. The van der Waals surface area contributed by atoms with Crippen LogP contribution in [0, 0.1) is 0 Å².